The Hall–Kier alpha value is -0.940. The number of halogens is 1. The van der Waals surface area contributed by atoms with Crippen molar-refractivity contribution in [1.82, 2.24) is 9.88 Å². The van der Waals surface area contributed by atoms with Gasteiger partial charge < -0.3 is 9.64 Å². The summed E-state index contributed by atoms with van der Waals surface area (Å²) in [6, 6.07) is 4.00. The number of ether oxygens (including phenoxy) is 1. The number of carbonyl (C=O) groups excluding carboxylic acids is 1. The zero-order chi connectivity index (χ0) is 12.7. The van der Waals surface area contributed by atoms with Gasteiger partial charge in [0.1, 0.15) is 4.83 Å². The highest BCUT2D eigenvalue weighted by Gasteiger charge is 2.16. The van der Waals surface area contributed by atoms with E-state index in [4.69, 9.17) is 0 Å². The number of rotatable bonds is 6. The maximum absolute atomic E-state index is 11.2. The van der Waals surface area contributed by atoms with Crippen LogP contribution in [-0.4, -0.2) is 47.9 Å². The Kier molecular flexibility index (Phi) is 6.15. The van der Waals surface area contributed by atoms with Gasteiger partial charge in [-0.15, -0.1) is 0 Å². The number of carbonyl (C=O) groups is 1. The van der Waals surface area contributed by atoms with Crippen molar-refractivity contribution in [2.75, 3.05) is 27.2 Å². The quantitative estimate of drug-likeness (QED) is 0.590. The molecule has 0 aliphatic carbocycles. The van der Waals surface area contributed by atoms with Crippen LogP contribution in [0.2, 0.25) is 0 Å². The van der Waals surface area contributed by atoms with Crippen LogP contribution < -0.4 is 0 Å². The number of nitrogens with zero attached hydrogens (tertiary/aromatic N) is 2. The molecule has 0 aromatic carbocycles. The van der Waals surface area contributed by atoms with Crippen molar-refractivity contribution in [1.29, 1.82) is 0 Å². The van der Waals surface area contributed by atoms with Crippen molar-refractivity contribution in [3.8, 4) is 0 Å². The number of esters is 1. The van der Waals surface area contributed by atoms with Gasteiger partial charge >= 0.3 is 5.97 Å². The molecule has 1 rings (SSSR count). The molecule has 4 nitrogen and oxygen atoms in total. The molecule has 0 saturated carbocycles. The molecule has 1 aromatic rings. The second kappa shape index (κ2) is 7.40. The van der Waals surface area contributed by atoms with Crippen LogP contribution >= 0.6 is 15.9 Å². The third-order valence-corrected chi connectivity index (χ3v) is 3.12. The average molecular weight is 301 g/mol. The van der Waals surface area contributed by atoms with Gasteiger partial charge in [-0.3, -0.25) is 9.78 Å². The van der Waals surface area contributed by atoms with Gasteiger partial charge in [0.15, 0.2) is 0 Å². The molecular formula is C12H17BrN2O2. The number of aromatic nitrogens is 1. The van der Waals surface area contributed by atoms with Crippen LogP contribution in [0.5, 0.6) is 0 Å². The van der Waals surface area contributed by atoms with E-state index in [0.717, 1.165) is 13.0 Å². The Labute approximate surface area is 110 Å². The molecule has 17 heavy (non-hydrogen) atoms. The van der Waals surface area contributed by atoms with E-state index in [9.17, 15) is 4.79 Å². The molecular weight excluding hydrogens is 284 g/mol. The molecule has 1 heterocycles. The van der Waals surface area contributed by atoms with Crippen molar-refractivity contribution in [2.45, 2.75) is 11.2 Å². The highest BCUT2D eigenvalue weighted by atomic mass is 79.9. The highest BCUT2D eigenvalue weighted by molar-refractivity contribution is 9.10. The molecule has 0 aliphatic rings. The van der Waals surface area contributed by atoms with Gasteiger partial charge in [-0.05, 0) is 31.2 Å². The van der Waals surface area contributed by atoms with Crippen LogP contribution in [0.1, 0.15) is 5.56 Å². The molecule has 0 spiro atoms. The molecule has 0 radical (unpaired) electrons. The summed E-state index contributed by atoms with van der Waals surface area (Å²) in [4.78, 5) is 17.0. The number of hydrogen-bond donors (Lipinski definition) is 0. The van der Waals surface area contributed by atoms with Crippen LogP contribution in [0.15, 0.2) is 24.5 Å². The lowest BCUT2D eigenvalue weighted by atomic mass is 10.2. The molecule has 1 aromatic heterocycles. The Morgan fingerprint density at radius 2 is 2.18 bits per heavy atom. The average Bonchev–Trinajstić information content (AvgIpc) is 2.36. The number of alkyl halides is 1. The maximum Gasteiger partial charge on any atom is 0.320 e. The second-order valence-electron chi connectivity index (χ2n) is 3.86. The normalized spacial score (nSPS) is 12.5. The van der Waals surface area contributed by atoms with Gasteiger partial charge in [-0.25, -0.2) is 0 Å². The van der Waals surface area contributed by atoms with Crippen LogP contribution in [0.3, 0.4) is 0 Å². The first-order valence-corrected chi connectivity index (χ1v) is 6.34. The summed E-state index contributed by atoms with van der Waals surface area (Å²) < 4.78 is 4.65. The fraction of sp³-hybridized carbons (Fsp3) is 0.500. The first-order chi connectivity index (χ1) is 8.13. The largest absolute Gasteiger partial charge is 0.468 e. The van der Waals surface area contributed by atoms with Gasteiger partial charge in [0, 0.05) is 25.5 Å². The molecule has 0 N–H and O–H groups in total. The summed E-state index contributed by atoms with van der Waals surface area (Å²) in [5, 5.41) is 0. The third kappa shape index (κ3) is 5.28. The third-order valence-electron chi connectivity index (χ3n) is 2.46. The molecule has 1 atom stereocenters. The minimum Gasteiger partial charge on any atom is -0.468 e. The molecule has 0 bridgehead atoms. The topological polar surface area (TPSA) is 42.4 Å². The van der Waals surface area contributed by atoms with Gasteiger partial charge in [0.2, 0.25) is 0 Å². The smallest absolute Gasteiger partial charge is 0.320 e. The Morgan fingerprint density at radius 1 is 1.53 bits per heavy atom. The lowest BCUT2D eigenvalue weighted by Crippen LogP contribution is -2.32. The predicted molar refractivity (Wildman–Crippen MR) is 70.2 cm³/mol. The van der Waals surface area contributed by atoms with E-state index >= 15 is 0 Å². The Balaban J connectivity index is 2.30. The standard InChI is InChI=1S/C12H17BrN2O2/c1-15(9-11(13)12(16)17-2)8-5-10-3-6-14-7-4-10/h3-4,6-7,11H,5,8-9H2,1-2H3. The molecule has 0 aliphatic heterocycles. The Bertz CT molecular complexity index is 346. The van der Waals surface area contributed by atoms with Crippen LogP contribution in [-0.2, 0) is 16.0 Å². The van der Waals surface area contributed by atoms with Gasteiger partial charge in [0.05, 0.1) is 7.11 Å². The van der Waals surface area contributed by atoms with Crippen LogP contribution in [0.4, 0.5) is 0 Å². The molecule has 1 unspecified atom stereocenters. The first-order valence-electron chi connectivity index (χ1n) is 5.43. The minimum atomic E-state index is -0.269. The van der Waals surface area contributed by atoms with E-state index in [2.05, 4.69) is 30.6 Å². The number of methoxy groups -OCH3 is 1. The summed E-state index contributed by atoms with van der Waals surface area (Å²) in [6.45, 7) is 1.53. The Morgan fingerprint density at radius 3 is 2.76 bits per heavy atom. The number of likely N-dealkylation sites (N-methyl/N-ethyl adjacent to an activating group) is 1. The molecule has 94 valence electrons. The van der Waals surface area contributed by atoms with Crippen molar-refractivity contribution >= 4 is 21.9 Å². The molecule has 5 heteroatoms. The fourth-order valence-corrected chi connectivity index (χ4v) is 2.12. The summed E-state index contributed by atoms with van der Waals surface area (Å²) in [5.41, 5.74) is 1.25. The van der Waals surface area contributed by atoms with Gasteiger partial charge in [-0.2, -0.15) is 0 Å². The van der Waals surface area contributed by atoms with E-state index in [1.807, 2.05) is 19.2 Å². The first kappa shape index (κ1) is 14.1. The van der Waals surface area contributed by atoms with Crippen molar-refractivity contribution in [3.05, 3.63) is 30.1 Å². The summed E-state index contributed by atoms with van der Waals surface area (Å²) in [6.07, 6.45) is 4.52. The summed E-state index contributed by atoms with van der Waals surface area (Å²) in [5.74, 6) is -0.235. The van der Waals surface area contributed by atoms with Crippen LogP contribution in [0.25, 0.3) is 0 Å². The lowest BCUT2D eigenvalue weighted by Gasteiger charge is -2.18. The predicted octanol–water partition coefficient (Wildman–Crippen LogP) is 1.49. The SMILES string of the molecule is COC(=O)C(Br)CN(C)CCc1ccncc1. The van der Waals surface area contributed by atoms with E-state index < -0.39 is 0 Å². The summed E-state index contributed by atoms with van der Waals surface area (Å²) >= 11 is 3.30. The number of pyridine rings is 1. The zero-order valence-electron chi connectivity index (χ0n) is 10.1. The van der Waals surface area contributed by atoms with Gasteiger partial charge in [0.25, 0.3) is 0 Å². The maximum atomic E-state index is 11.2. The molecule has 0 fully saturated rings. The summed E-state index contributed by atoms with van der Waals surface area (Å²) in [7, 11) is 3.38. The minimum absolute atomic E-state index is 0.235. The monoisotopic (exact) mass is 300 g/mol. The fourth-order valence-electron chi connectivity index (χ4n) is 1.44. The van der Waals surface area contributed by atoms with E-state index in [1.54, 1.807) is 12.4 Å². The van der Waals surface area contributed by atoms with Crippen LogP contribution in [0, 0.1) is 0 Å². The van der Waals surface area contributed by atoms with E-state index in [-0.39, 0.29) is 10.8 Å². The van der Waals surface area contributed by atoms with Crippen molar-refractivity contribution < 1.29 is 9.53 Å². The van der Waals surface area contributed by atoms with Crippen molar-refractivity contribution in [3.63, 3.8) is 0 Å². The second-order valence-corrected chi connectivity index (χ2v) is 4.96. The number of hydrogen-bond acceptors (Lipinski definition) is 4. The highest BCUT2D eigenvalue weighted by Crippen LogP contribution is 2.05. The van der Waals surface area contributed by atoms with Crippen molar-refractivity contribution in [2.24, 2.45) is 0 Å². The van der Waals surface area contributed by atoms with Gasteiger partial charge in [-0.1, -0.05) is 15.9 Å². The molecule has 0 amide bonds. The lowest BCUT2D eigenvalue weighted by molar-refractivity contribution is -0.140. The van der Waals surface area contributed by atoms with E-state index in [1.165, 1.54) is 12.7 Å². The molecule has 0 saturated heterocycles. The van der Waals surface area contributed by atoms with E-state index in [0.29, 0.717) is 6.54 Å². The zero-order valence-corrected chi connectivity index (χ0v) is 11.7.